The Bertz CT molecular complexity index is 3500. The molecule has 0 N–H and O–H groups in total. The molecule has 3 heterocycles. The molecule has 0 unspecified atom stereocenters. The standard InChI is InChI=1S/C54H33NS3/c1-4-15-34(16-5-1)37-27-28-43-49(33-37)58-54-39(36-19-8-3-9-20-36)29-31-44(50(43)54)55(45-24-14-23-41-40-21-10-12-25-46(40)57-53(41)45)52-38(35-17-6-2-7-18-35)30-32-48-51(52)42-22-11-13-26-47(42)56-48/h1-33H. The molecule has 0 radical (unpaired) electrons. The molecule has 12 rings (SSSR count). The van der Waals surface area contributed by atoms with Crippen molar-refractivity contribution in [3.05, 3.63) is 200 Å². The molecule has 0 aliphatic heterocycles. The molecule has 12 aromatic rings. The van der Waals surface area contributed by atoms with Crippen molar-refractivity contribution >= 4 is 112 Å². The van der Waals surface area contributed by atoms with E-state index >= 15 is 0 Å². The van der Waals surface area contributed by atoms with E-state index < -0.39 is 0 Å². The molecule has 1 nitrogen and oxygen atoms in total. The lowest BCUT2D eigenvalue weighted by atomic mass is 9.95. The van der Waals surface area contributed by atoms with Gasteiger partial charge >= 0.3 is 0 Å². The van der Waals surface area contributed by atoms with E-state index in [1.165, 1.54) is 111 Å². The quantitative estimate of drug-likeness (QED) is 0.162. The minimum Gasteiger partial charge on any atom is -0.307 e. The fraction of sp³-hybridized carbons (Fsp3) is 0. The van der Waals surface area contributed by atoms with E-state index in [4.69, 9.17) is 0 Å². The van der Waals surface area contributed by atoms with Crippen LogP contribution in [0.1, 0.15) is 0 Å². The van der Waals surface area contributed by atoms with Crippen molar-refractivity contribution in [2.45, 2.75) is 0 Å². The van der Waals surface area contributed by atoms with E-state index in [9.17, 15) is 0 Å². The summed E-state index contributed by atoms with van der Waals surface area (Å²) in [6.07, 6.45) is 0. The number of fused-ring (bicyclic) bond motifs is 9. The van der Waals surface area contributed by atoms with Crippen LogP contribution in [0.5, 0.6) is 0 Å². The van der Waals surface area contributed by atoms with Crippen molar-refractivity contribution in [3.8, 4) is 33.4 Å². The van der Waals surface area contributed by atoms with Gasteiger partial charge in [-0.05, 0) is 64.2 Å². The molecule has 4 heteroatoms. The van der Waals surface area contributed by atoms with E-state index in [1.54, 1.807) is 0 Å². The predicted octanol–water partition coefficient (Wildman–Crippen LogP) is 17.3. The van der Waals surface area contributed by atoms with Crippen LogP contribution in [-0.2, 0) is 0 Å². The highest BCUT2D eigenvalue weighted by atomic mass is 32.1. The zero-order valence-electron chi connectivity index (χ0n) is 31.2. The second kappa shape index (κ2) is 13.5. The Labute approximate surface area is 347 Å². The Morgan fingerprint density at radius 2 is 0.879 bits per heavy atom. The van der Waals surface area contributed by atoms with Crippen molar-refractivity contribution in [2.75, 3.05) is 4.90 Å². The van der Waals surface area contributed by atoms with Crippen LogP contribution in [0.3, 0.4) is 0 Å². The van der Waals surface area contributed by atoms with E-state index in [0.717, 1.165) is 0 Å². The van der Waals surface area contributed by atoms with Gasteiger partial charge < -0.3 is 4.90 Å². The van der Waals surface area contributed by atoms with Crippen LogP contribution in [0.4, 0.5) is 17.1 Å². The molecule has 0 saturated carbocycles. The van der Waals surface area contributed by atoms with Crippen LogP contribution < -0.4 is 4.90 Å². The van der Waals surface area contributed by atoms with Gasteiger partial charge in [-0.15, -0.1) is 34.0 Å². The first-order valence-electron chi connectivity index (χ1n) is 19.6. The fourth-order valence-corrected chi connectivity index (χ4v) is 12.5. The fourth-order valence-electron chi connectivity index (χ4n) is 8.86. The van der Waals surface area contributed by atoms with Crippen molar-refractivity contribution in [2.24, 2.45) is 0 Å². The maximum Gasteiger partial charge on any atom is 0.0641 e. The average Bonchev–Trinajstić information content (AvgIpc) is 3.99. The smallest absolute Gasteiger partial charge is 0.0641 e. The third-order valence-corrected chi connectivity index (χ3v) is 15.0. The van der Waals surface area contributed by atoms with Gasteiger partial charge in [0, 0.05) is 61.4 Å². The van der Waals surface area contributed by atoms with Gasteiger partial charge in [0.1, 0.15) is 0 Å². The van der Waals surface area contributed by atoms with Crippen LogP contribution in [0.2, 0.25) is 0 Å². The molecule has 0 atom stereocenters. The summed E-state index contributed by atoms with van der Waals surface area (Å²) in [5.41, 5.74) is 10.9. The maximum absolute atomic E-state index is 2.63. The number of anilines is 3. The number of hydrogen-bond acceptors (Lipinski definition) is 4. The van der Waals surface area contributed by atoms with Crippen molar-refractivity contribution < 1.29 is 0 Å². The van der Waals surface area contributed by atoms with Crippen molar-refractivity contribution in [1.82, 2.24) is 0 Å². The van der Waals surface area contributed by atoms with E-state index in [0.29, 0.717) is 0 Å². The summed E-state index contributed by atoms with van der Waals surface area (Å²) < 4.78 is 7.73. The van der Waals surface area contributed by atoms with Crippen LogP contribution >= 0.6 is 34.0 Å². The molecule has 0 spiro atoms. The van der Waals surface area contributed by atoms with Crippen LogP contribution in [0.25, 0.3) is 93.9 Å². The zero-order valence-corrected chi connectivity index (χ0v) is 33.7. The van der Waals surface area contributed by atoms with Crippen molar-refractivity contribution in [3.63, 3.8) is 0 Å². The summed E-state index contributed by atoms with van der Waals surface area (Å²) in [5, 5.41) is 7.69. The normalized spacial score (nSPS) is 11.8. The second-order valence-electron chi connectivity index (χ2n) is 14.8. The van der Waals surface area contributed by atoms with Gasteiger partial charge in [0.25, 0.3) is 0 Å². The molecule has 0 amide bonds. The van der Waals surface area contributed by atoms with Gasteiger partial charge in [-0.2, -0.15) is 0 Å². The van der Waals surface area contributed by atoms with Crippen molar-refractivity contribution in [1.29, 1.82) is 0 Å². The van der Waals surface area contributed by atoms with Crippen LogP contribution in [0.15, 0.2) is 200 Å². The molecular formula is C54H33NS3. The maximum atomic E-state index is 2.63. The Kier molecular flexibility index (Phi) is 7.83. The van der Waals surface area contributed by atoms with E-state index in [1.807, 2.05) is 34.0 Å². The van der Waals surface area contributed by atoms with Gasteiger partial charge in [-0.1, -0.05) is 164 Å². The minimum absolute atomic E-state index is 1.18. The lowest BCUT2D eigenvalue weighted by molar-refractivity contribution is 1.34. The SMILES string of the molecule is c1ccc(-c2ccc3c(c2)sc2c(-c4ccccc4)ccc(N(c4cccc5c4sc4ccccc45)c4c(-c5ccccc5)ccc5sc6ccccc6c45)c23)cc1. The third-order valence-electron chi connectivity index (χ3n) is 11.5. The molecule has 3 aromatic heterocycles. The lowest BCUT2D eigenvalue weighted by Gasteiger charge is -2.30. The monoisotopic (exact) mass is 791 g/mol. The summed E-state index contributed by atoms with van der Waals surface area (Å²) >= 11 is 5.68. The van der Waals surface area contributed by atoms with Gasteiger partial charge in [-0.25, -0.2) is 0 Å². The van der Waals surface area contributed by atoms with E-state index in [-0.39, 0.29) is 0 Å². The lowest BCUT2D eigenvalue weighted by Crippen LogP contribution is -2.12. The van der Waals surface area contributed by atoms with Gasteiger partial charge in [0.2, 0.25) is 0 Å². The third kappa shape index (κ3) is 5.26. The number of nitrogens with zero attached hydrogens (tertiary/aromatic N) is 1. The molecule has 0 fully saturated rings. The average molecular weight is 792 g/mol. The molecule has 58 heavy (non-hydrogen) atoms. The number of hydrogen-bond donors (Lipinski definition) is 0. The second-order valence-corrected chi connectivity index (χ2v) is 18.0. The van der Waals surface area contributed by atoms with E-state index in [2.05, 4.69) is 205 Å². The highest BCUT2D eigenvalue weighted by Crippen LogP contribution is 2.55. The van der Waals surface area contributed by atoms with Crippen LogP contribution in [-0.4, -0.2) is 0 Å². The molecule has 0 saturated heterocycles. The summed E-state index contributed by atoms with van der Waals surface area (Å²) in [4.78, 5) is 2.63. The summed E-state index contributed by atoms with van der Waals surface area (Å²) in [6, 6.07) is 73.8. The topological polar surface area (TPSA) is 3.24 Å². The Morgan fingerprint density at radius 1 is 0.293 bits per heavy atom. The number of thiophene rings is 3. The molecule has 0 bridgehead atoms. The highest BCUT2D eigenvalue weighted by molar-refractivity contribution is 7.27. The Hall–Kier alpha value is -6.56. The van der Waals surface area contributed by atoms with Gasteiger partial charge in [-0.3, -0.25) is 0 Å². The minimum atomic E-state index is 1.18. The Balaban J connectivity index is 1.26. The largest absolute Gasteiger partial charge is 0.307 e. The molecule has 0 aliphatic carbocycles. The van der Waals surface area contributed by atoms with Gasteiger partial charge in [0.15, 0.2) is 0 Å². The zero-order chi connectivity index (χ0) is 38.2. The molecular weight excluding hydrogens is 759 g/mol. The Morgan fingerprint density at radius 3 is 1.64 bits per heavy atom. The molecule has 272 valence electrons. The summed E-state index contributed by atoms with van der Waals surface area (Å²) in [6.45, 7) is 0. The number of benzene rings is 9. The first-order chi connectivity index (χ1) is 28.8. The summed E-state index contributed by atoms with van der Waals surface area (Å²) in [5.74, 6) is 0. The highest BCUT2D eigenvalue weighted by Gasteiger charge is 2.28. The summed E-state index contributed by atoms with van der Waals surface area (Å²) in [7, 11) is 0. The number of rotatable bonds is 6. The predicted molar refractivity (Wildman–Crippen MR) is 256 cm³/mol. The van der Waals surface area contributed by atoms with Crippen LogP contribution in [0, 0.1) is 0 Å². The molecule has 0 aliphatic rings. The van der Waals surface area contributed by atoms with Gasteiger partial charge in [0.05, 0.1) is 21.8 Å². The molecule has 9 aromatic carbocycles. The first-order valence-corrected chi connectivity index (χ1v) is 22.0. The first kappa shape index (κ1) is 33.6.